The molecule has 2 heterocycles. The maximum absolute atomic E-state index is 13.7. The van der Waals surface area contributed by atoms with Gasteiger partial charge in [0, 0.05) is 48.2 Å². The summed E-state index contributed by atoms with van der Waals surface area (Å²) in [5.74, 6) is -0.792. The van der Waals surface area contributed by atoms with Crippen LogP contribution in [0.3, 0.4) is 0 Å². The molecule has 0 fully saturated rings. The van der Waals surface area contributed by atoms with E-state index in [1.807, 2.05) is 74.5 Å². The Balaban J connectivity index is 1.41. The van der Waals surface area contributed by atoms with Crippen LogP contribution >= 0.6 is 11.6 Å². The SMILES string of the molecule is Cc1n[nH]c(C)c1-c1ccc(NC(=O)[C@H](Cc2cc(-c3cccc(CN)c3)ccc2Cl)NC(=O)c2ccnn2C)cc1. The van der Waals surface area contributed by atoms with Crippen LogP contribution in [0.1, 0.15) is 33.0 Å². The molecule has 1 atom stereocenters. The summed E-state index contributed by atoms with van der Waals surface area (Å²) in [5, 5.41) is 17.7. The van der Waals surface area contributed by atoms with Gasteiger partial charge in [0.2, 0.25) is 5.91 Å². The van der Waals surface area contributed by atoms with Crippen LogP contribution in [0.2, 0.25) is 5.02 Å². The topological polar surface area (TPSA) is 131 Å². The van der Waals surface area contributed by atoms with Crippen LogP contribution in [-0.4, -0.2) is 37.8 Å². The first-order valence-electron chi connectivity index (χ1n) is 13.5. The van der Waals surface area contributed by atoms with Crippen LogP contribution < -0.4 is 16.4 Å². The normalized spacial score (nSPS) is 11.7. The number of halogens is 1. The Bertz CT molecular complexity index is 1720. The molecule has 2 amide bonds. The van der Waals surface area contributed by atoms with Crippen molar-refractivity contribution in [1.29, 1.82) is 0 Å². The van der Waals surface area contributed by atoms with E-state index in [0.717, 1.165) is 44.8 Å². The van der Waals surface area contributed by atoms with Crippen molar-refractivity contribution in [3.05, 3.63) is 112 Å². The van der Waals surface area contributed by atoms with Gasteiger partial charge in [-0.25, -0.2) is 0 Å². The highest BCUT2D eigenvalue weighted by Crippen LogP contribution is 2.28. The number of nitrogens with one attached hydrogen (secondary N) is 3. The number of rotatable bonds is 9. The standard InChI is InChI=1S/C32H32ClN7O2/c1-19-30(20(2)39-38-19)22-7-10-26(11-8-22)36-31(41)28(37-32(42)29-13-14-35-40(29)3)17-25-16-24(9-12-27(25)33)23-6-4-5-21(15-23)18-34/h4-16,28H,17-18,34H2,1-3H3,(H,36,41)(H,37,42)(H,38,39)/t28-/m0/s1. The van der Waals surface area contributed by atoms with E-state index in [2.05, 4.69) is 25.9 Å². The first-order valence-corrected chi connectivity index (χ1v) is 13.9. The molecule has 42 heavy (non-hydrogen) atoms. The van der Waals surface area contributed by atoms with Crippen molar-refractivity contribution in [1.82, 2.24) is 25.3 Å². The van der Waals surface area contributed by atoms with Gasteiger partial charge in [0.1, 0.15) is 11.7 Å². The van der Waals surface area contributed by atoms with Crippen LogP contribution in [0.25, 0.3) is 22.3 Å². The molecule has 0 spiro atoms. The molecule has 0 aliphatic rings. The molecule has 0 radical (unpaired) electrons. The average Bonchev–Trinajstić information content (AvgIpc) is 3.58. The van der Waals surface area contributed by atoms with E-state index in [-0.39, 0.29) is 12.3 Å². The van der Waals surface area contributed by atoms with Gasteiger partial charge in [0.25, 0.3) is 5.91 Å². The highest BCUT2D eigenvalue weighted by molar-refractivity contribution is 6.31. The zero-order chi connectivity index (χ0) is 29.8. The maximum Gasteiger partial charge on any atom is 0.270 e. The lowest BCUT2D eigenvalue weighted by molar-refractivity contribution is -0.118. The number of benzene rings is 3. The molecule has 3 aromatic carbocycles. The summed E-state index contributed by atoms with van der Waals surface area (Å²) in [6.07, 6.45) is 1.70. The molecule has 5 aromatic rings. The van der Waals surface area contributed by atoms with Crippen molar-refractivity contribution in [2.24, 2.45) is 12.8 Å². The van der Waals surface area contributed by atoms with Gasteiger partial charge in [0.15, 0.2) is 0 Å². The number of nitrogens with zero attached hydrogens (tertiary/aromatic N) is 3. The smallest absolute Gasteiger partial charge is 0.270 e. The summed E-state index contributed by atoms with van der Waals surface area (Å²) in [6.45, 7) is 4.34. The van der Waals surface area contributed by atoms with Crippen molar-refractivity contribution in [2.75, 3.05) is 5.32 Å². The minimum absolute atomic E-state index is 0.171. The minimum Gasteiger partial charge on any atom is -0.339 e. The number of carbonyl (C=O) groups is 2. The molecule has 0 saturated heterocycles. The van der Waals surface area contributed by atoms with Gasteiger partial charge in [-0.3, -0.25) is 19.4 Å². The molecule has 0 aliphatic heterocycles. The fourth-order valence-corrected chi connectivity index (χ4v) is 5.17. The summed E-state index contributed by atoms with van der Waals surface area (Å²) in [7, 11) is 1.67. The molecule has 0 aliphatic carbocycles. The van der Waals surface area contributed by atoms with Crippen molar-refractivity contribution in [2.45, 2.75) is 32.9 Å². The summed E-state index contributed by atoms with van der Waals surface area (Å²) in [5.41, 5.74) is 14.3. The number of aryl methyl sites for hydroxylation is 3. The number of hydrogen-bond donors (Lipinski definition) is 4. The number of amides is 2. The first-order chi connectivity index (χ1) is 20.2. The van der Waals surface area contributed by atoms with Crippen LogP contribution in [0, 0.1) is 13.8 Å². The largest absolute Gasteiger partial charge is 0.339 e. The number of aromatic nitrogens is 4. The van der Waals surface area contributed by atoms with Gasteiger partial charge in [-0.05, 0) is 78.1 Å². The van der Waals surface area contributed by atoms with E-state index in [0.29, 0.717) is 22.9 Å². The number of hydrogen-bond acceptors (Lipinski definition) is 5. The summed E-state index contributed by atoms with van der Waals surface area (Å²) in [6, 6.07) is 21.8. The highest BCUT2D eigenvalue weighted by Gasteiger charge is 2.25. The molecule has 9 nitrogen and oxygen atoms in total. The van der Waals surface area contributed by atoms with Crippen LogP contribution in [0.15, 0.2) is 79.0 Å². The fourth-order valence-electron chi connectivity index (χ4n) is 4.97. The third kappa shape index (κ3) is 6.27. The second kappa shape index (κ2) is 12.4. The average molecular weight is 582 g/mol. The minimum atomic E-state index is -0.923. The zero-order valence-electron chi connectivity index (χ0n) is 23.6. The number of carbonyl (C=O) groups excluding carboxylic acids is 2. The van der Waals surface area contributed by atoms with Crippen molar-refractivity contribution >= 4 is 29.1 Å². The Morgan fingerprint density at radius 3 is 2.40 bits per heavy atom. The second-order valence-corrected chi connectivity index (χ2v) is 10.6. The second-order valence-electron chi connectivity index (χ2n) is 10.2. The summed E-state index contributed by atoms with van der Waals surface area (Å²) < 4.78 is 1.46. The van der Waals surface area contributed by atoms with Gasteiger partial charge in [0.05, 0.1) is 5.69 Å². The van der Waals surface area contributed by atoms with Gasteiger partial charge in [-0.1, -0.05) is 48.0 Å². The Morgan fingerprint density at radius 2 is 1.74 bits per heavy atom. The van der Waals surface area contributed by atoms with E-state index in [1.165, 1.54) is 10.9 Å². The molecule has 5 N–H and O–H groups in total. The Labute approximate surface area is 249 Å². The van der Waals surface area contributed by atoms with E-state index >= 15 is 0 Å². The van der Waals surface area contributed by atoms with Crippen molar-refractivity contribution in [3.8, 4) is 22.3 Å². The molecule has 2 aromatic heterocycles. The molecule has 0 unspecified atom stereocenters. The lowest BCUT2D eigenvalue weighted by Gasteiger charge is -2.20. The number of anilines is 1. The Morgan fingerprint density at radius 1 is 1.00 bits per heavy atom. The first kappa shape index (κ1) is 28.8. The lowest BCUT2D eigenvalue weighted by atomic mass is 9.97. The summed E-state index contributed by atoms with van der Waals surface area (Å²) >= 11 is 6.62. The molecule has 0 bridgehead atoms. The summed E-state index contributed by atoms with van der Waals surface area (Å²) in [4.78, 5) is 26.8. The van der Waals surface area contributed by atoms with Crippen LogP contribution in [0.5, 0.6) is 0 Å². The van der Waals surface area contributed by atoms with Gasteiger partial charge in [-0.15, -0.1) is 0 Å². The van der Waals surface area contributed by atoms with Crippen LogP contribution in [0.4, 0.5) is 5.69 Å². The Hall–Kier alpha value is -4.73. The number of aromatic amines is 1. The Kier molecular flexibility index (Phi) is 8.51. The third-order valence-corrected chi connectivity index (χ3v) is 7.58. The monoisotopic (exact) mass is 581 g/mol. The van der Waals surface area contributed by atoms with E-state index < -0.39 is 11.9 Å². The van der Waals surface area contributed by atoms with Crippen molar-refractivity contribution < 1.29 is 9.59 Å². The third-order valence-electron chi connectivity index (χ3n) is 7.21. The molecule has 10 heteroatoms. The van der Waals surface area contributed by atoms with Gasteiger partial charge >= 0.3 is 0 Å². The van der Waals surface area contributed by atoms with Gasteiger partial charge < -0.3 is 16.4 Å². The van der Waals surface area contributed by atoms with E-state index in [1.54, 1.807) is 19.2 Å². The molecule has 0 saturated carbocycles. The lowest BCUT2D eigenvalue weighted by Crippen LogP contribution is -2.45. The van der Waals surface area contributed by atoms with Crippen molar-refractivity contribution in [3.63, 3.8) is 0 Å². The maximum atomic E-state index is 13.7. The van der Waals surface area contributed by atoms with E-state index in [9.17, 15) is 9.59 Å². The number of H-pyrrole nitrogens is 1. The number of nitrogens with two attached hydrogens (primary N) is 1. The highest BCUT2D eigenvalue weighted by atomic mass is 35.5. The predicted molar refractivity (Wildman–Crippen MR) is 165 cm³/mol. The quantitative estimate of drug-likeness (QED) is 0.190. The van der Waals surface area contributed by atoms with Crippen LogP contribution in [-0.2, 0) is 24.8 Å². The van der Waals surface area contributed by atoms with E-state index in [4.69, 9.17) is 17.3 Å². The predicted octanol–water partition coefficient (Wildman–Crippen LogP) is 5.19. The molecule has 214 valence electrons. The molecular weight excluding hydrogens is 550 g/mol. The zero-order valence-corrected chi connectivity index (χ0v) is 24.4. The molecular formula is C32H32ClN7O2. The molecule has 5 rings (SSSR count). The fraction of sp³-hybridized carbons (Fsp3) is 0.188. The van der Waals surface area contributed by atoms with Gasteiger partial charge in [-0.2, -0.15) is 10.2 Å².